The third kappa shape index (κ3) is 3.11. The number of rotatable bonds is 4. The van der Waals surface area contributed by atoms with Crippen molar-refractivity contribution in [2.24, 2.45) is 0 Å². The highest BCUT2D eigenvalue weighted by molar-refractivity contribution is 7.98. The number of carboxylic acids is 1. The Hall–Kier alpha value is -1.81. The molecule has 0 spiro atoms. The molecule has 2 aromatic carbocycles. The van der Waals surface area contributed by atoms with Crippen LogP contribution < -0.4 is 0 Å². The number of benzene rings is 2. The highest BCUT2D eigenvalue weighted by atomic mass is 32.2. The van der Waals surface area contributed by atoms with Gasteiger partial charge in [0.15, 0.2) is 0 Å². The molecule has 2 rings (SSSR count). The van der Waals surface area contributed by atoms with E-state index in [-0.39, 0.29) is 5.56 Å². The van der Waals surface area contributed by atoms with Crippen LogP contribution in [0.1, 0.15) is 15.9 Å². The number of halogens is 1. The average molecular weight is 262 g/mol. The summed E-state index contributed by atoms with van der Waals surface area (Å²) >= 11 is 1.39. The summed E-state index contributed by atoms with van der Waals surface area (Å²) in [6.45, 7) is 0. The van der Waals surface area contributed by atoms with Gasteiger partial charge in [-0.3, -0.25) is 0 Å². The molecule has 0 heterocycles. The Balaban J connectivity index is 2.17. The van der Waals surface area contributed by atoms with Gasteiger partial charge in [-0.1, -0.05) is 30.3 Å². The van der Waals surface area contributed by atoms with Crippen LogP contribution in [0.3, 0.4) is 0 Å². The van der Waals surface area contributed by atoms with Gasteiger partial charge in [-0.05, 0) is 23.8 Å². The molecule has 0 atom stereocenters. The smallest absolute Gasteiger partial charge is 0.336 e. The molecule has 0 unspecified atom stereocenters. The maximum absolute atomic E-state index is 13.0. The Kier molecular flexibility index (Phi) is 3.99. The molecule has 0 aliphatic heterocycles. The number of hydrogen-bond acceptors (Lipinski definition) is 2. The van der Waals surface area contributed by atoms with Crippen LogP contribution >= 0.6 is 11.8 Å². The lowest BCUT2D eigenvalue weighted by molar-refractivity contribution is 0.0692. The fraction of sp³-hybridized carbons (Fsp3) is 0.0714. The van der Waals surface area contributed by atoms with Crippen LogP contribution in [0.25, 0.3) is 0 Å². The van der Waals surface area contributed by atoms with Gasteiger partial charge in [-0.2, -0.15) is 0 Å². The molecular weight excluding hydrogens is 251 g/mol. The first-order valence-electron chi connectivity index (χ1n) is 5.36. The predicted molar refractivity (Wildman–Crippen MR) is 69.4 cm³/mol. The van der Waals surface area contributed by atoms with Crippen molar-refractivity contribution in [3.63, 3.8) is 0 Å². The van der Waals surface area contributed by atoms with E-state index < -0.39 is 11.8 Å². The summed E-state index contributed by atoms with van der Waals surface area (Å²) < 4.78 is 13.0. The Labute approximate surface area is 108 Å². The second-order valence-corrected chi connectivity index (χ2v) is 4.74. The van der Waals surface area contributed by atoms with Crippen molar-refractivity contribution in [3.05, 3.63) is 65.5 Å². The van der Waals surface area contributed by atoms with Crippen LogP contribution in [0.15, 0.2) is 53.4 Å². The van der Waals surface area contributed by atoms with E-state index in [0.29, 0.717) is 10.6 Å². The third-order valence-electron chi connectivity index (χ3n) is 2.41. The number of carboxylic acid groups (broad SMARTS) is 1. The van der Waals surface area contributed by atoms with Crippen LogP contribution in [0.2, 0.25) is 0 Å². The van der Waals surface area contributed by atoms with Crippen molar-refractivity contribution in [1.29, 1.82) is 0 Å². The summed E-state index contributed by atoms with van der Waals surface area (Å²) in [7, 11) is 0. The Morgan fingerprint density at radius 1 is 1.17 bits per heavy atom. The van der Waals surface area contributed by atoms with Crippen molar-refractivity contribution in [2.75, 3.05) is 0 Å². The minimum atomic E-state index is -1.11. The molecule has 0 aromatic heterocycles. The number of aromatic carboxylic acids is 1. The fourth-order valence-electron chi connectivity index (χ4n) is 1.53. The van der Waals surface area contributed by atoms with Gasteiger partial charge in [-0.25, -0.2) is 9.18 Å². The maximum Gasteiger partial charge on any atom is 0.336 e. The van der Waals surface area contributed by atoms with E-state index in [9.17, 15) is 9.18 Å². The molecule has 0 aliphatic rings. The van der Waals surface area contributed by atoms with Gasteiger partial charge in [0.2, 0.25) is 0 Å². The minimum Gasteiger partial charge on any atom is -0.478 e. The lowest BCUT2D eigenvalue weighted by atomic mass is 10.2. The molecule has 18 heavy (non-hydrogen) atoms. The standard InChI is InChI=1S/C14H11FO2S/c15-11-6-7-13(12(8-11)14(16)17)18-9-10-4-2-1-3-5-10/h1-8H,9H2,(H,16,17). The molecule has 0 fully saturated rings. The van der Waals surface area contributed by atoms with Crippen LogP contribution in [0.4, 0.5) is 4.39 Å². The largest absolute Gasteiger partial charge is 0.478 e. The normalized spacial score (nSPS) is 10.3. The van der Waals surface area contributed by atoms with Gasteiger partial charge in [0.25, 0.3) is 0 Å². The predicted octanol–water partition coefficient (Wildman–Crippen LogP) is 3.82. The zero-order valence-corrected chi connectivity index (χ0v) is 10.3. The zero-order chi connectivity index (χ0) is 13.0. The number of thioether (sulfide) groups is 1. The molecule has 0 bridgehead atoms. The van der Waals surface area contributed by atoms with Crippen molar-refractivity contribution in [3.8, 4) is 0 Å². The van der Waals surface area contributed by atoms with Crippen LogP contribution in [-0.2, 0) is 5.75 Å². The van der Waals surface area contributed by atoms with Crippen LogP contribution in [0, 0.1) is 5.82 Å². The molecule has 0 radical (unpaired) electrons. The molecule has 0 saturated carbocycles. The van der Waals surface area contributed by atoms with Gasteiger partial charge in [0, 0.05) is 10.6 Å². The minimum absolute atomic E-state index is 0.0101. The SMILES string of the molecule is O=C(O)c1cc(F)ccc1SCc1ccccc1. The van der Waals surface area contributed by atoms with Crippen molar-refractivity contribution >= 4 is 17.7 Å². The van der Waals surface area contributed by atoms with E-state index in [2.05, 4.69) is 0 Å². The molecule has 2 aromatic rings. The van der Waals surface area contributed by atoms with Gasteiger partial charge in [0.05, 0.1) is 5.56 Å². The van der Waals surface area contributed by atoms with E-state index in [0.717, 1.165) is 11.6 Å². The van der Waals surface area contributed by atoms with E-state index in [1.807, 2.05) is 30.3 Å². The summed E-state index contributed by atoms with van der Waals surface area (Å²) in [5.74, 6) is -0.978. The lowest BCUT2D eigenvalue weighted by Crippen LogP contribution is -1.99. The highest BCUT2D eigenvalue weighted by Gasteiger charge is 2.11. The molecule has 0 amide bonds. The molecule has 0 aliphatic carbocycles. The fourth-order valence-corrected chi connectivity index (χ4v) is 2.51. The average Bonchev–Trinajstić information content (AvgIpc) is 2.38. The second kappa shape index (κ2) is 5.69. The van der Waals surface area contributed by atoms with E-state index >= 15 is 0 Å². The van der Waals surface area contributed by atoms with Crippen LogP contribution in [-0.4, -0.2) is 11.1 Å². The van der Waals surface area contributed by atoms with E-state index in [1.165, 1.54) is 23.9 Å². The summed E-state index contributed by atoms with van der Waals surface area (Å²) in [4.78, 5) is 11.6. The summed E-state index contributed by atoms with van der Waals surface area (Å²) in [5.41, 5.74) is 1.11. The van der Waals surface area contributed by atoms with Gasteiger partial charge in [-0.15, -0.1) is 11.8 Å². The Bertz CT molecular complexity index is 555. The molecule has 4 heteroatoms. The quantitative estimate of drug-likeness (QED) is 0.851. The lowest BCUT2D eigenvalue weighted by Gasteiger charge is -2.06. The molecule has 0 saturated heterocycles. The van der Waals surface area contributed by atoms with Crippen molar-refractivity contribution in [2.45, 2.75) is 10.6 Å². The topological polar surface area (TPSA) is 37.3 Å². The van der Waals surface area contributed by atoms with Gasteiger partial charge in [0.1, 0.15) is 5.82 Å². The number of hydrogen-bond donors (Lipinski definition) is 1. The first kappa shape index (κ1) is 12.6. The summed E-state index contributed by atoms with van der Waals surface area (Å²) in [6, 6.07) is 13.6. The highest BCUT2D eigenvalue weighted by Crippen LogP contribution is 2.27. The first-order chi connectivity index (χ1) is 8.66. The van der Waals surface area contributed by atoms with Crippen molar-refractivity contribution in [1.82, 2.24) is 0 Å². The molecule has 1 N–H and O–H groups in total. The van der Waals surface area contributed by atoms with E-state index in [1.54, 1.807) is 0 Å². The second-order valence-electron chi connectivity index (χ2n) is 3.72. The van der Waals surface area contributed by atoms with Crippen LogP contribution in [0.5, 0.6) is 0 Å². The number of carbonyl (C=O) groups is 1. The Morgan fingerprint density at radius 2 is 1.89 bits per heavy atom. The molecule has 2 nitrogen and oxygen atoms in total. The summed E-state index contributed by atoms with van der Waals surface area (Å²) in [6.07, 6.45) is 0. The van der Waals surface area contributed by atoms with E-state index in [4.69, 9.17) is 5.11 Å². The van der Waals surface area contributed by atoms with Gasteiger partial charge < -0.3 is 5.11 Å². The third-order valence-corrected chi connectivity index (χ3v) is 3.55. The molecular formula is C14H11FO2S. The van der Waals surface area contributed by atoms with Gasteiger partial charge >= 0.3 is 5.97 Å². The zero-order valence-electron chi connectivity index (χ0n) is 9.47. The Morgan fingerprint density at radius 3 is 2.56 bits per heavy atom. The first-order valence-corrected chi connectivity index (χ1v) is 6.35. The molecule has 92 valence electrons. The maximum atomic E-state index is 13.0. The monoisotopic (exact) mass is 262 g/mol. The van der Waals surface area contributed by atoms with Crippen molar-refractivity contribution < 1.29 is 14.3 Å². The summed E-state index contributed by atoms with van der Waals surface area (Å²) in [5, 5.41) is 9.01.